The highest BCUT2D eigenvalue weighted by Crippen LogP contribution is 2.19. The third kappa shape index (κ3) is 2.10. The lowest BCUT2D eigenvalue weighted by Gasteiger charge is -2.34. The maximum Gasteiger partial charge on any atom is 0.219 e. The van der Waals surface area contributed by atoms with Gasteiger partial charge in [-0.1, -0.05) is 6.08 Å². The summed E-state index contributed by atoms with van der Waals surface area (Å²) in [6.45, 7) is 6.30. The summed E-state index contributed by atoms with van der Waals surface area (Å²) in [6.07, 6.45) is 6.41. The largest absolute Gasteiger partial charge is 0.340 e. The maximum atomic E-state index is 11.2. The molecule has 0 spiro atoms. The van der Waals surface area contributed by atoms with Gasteiger partial charge in [-0.2, -0.15) is 0 Å². The summed E-state index contributed by atoms with van der Waals surface area (Å²) in [5.41, 5.74) is 0. The number of nitrogens with zero attached hydrogens (tertiary/aromatic N) is 1. The zero-order valence-electron chi connectivity index (χ0n) is 7.75. The van der Waals surface area contributed by atoms with Crippen LogP contribution in [0, 0.1) is 0 Å². The number of carbonyl (C=O) groups excluding carboxylic acids is 1. The summed E-state index contributed by atoms with van der Waals surface area (Å²) >= 11 is 0. The van der Waals surface area contributed by atoms with Crippen LogP contribution in [-0.4, -0.2) is 23.4 Å². The molecule has 1 unspecified atom stereocenters. The molecule has 0 aromatic heterocycles. The second-order valence-electron chi connectivity index (χ2n) is 3.39. The van der Waals surface area contributed by atoms with Crippen molar-refractivity contribution in [2.24, 2.45) is 0 Å². The minimum atomic E-state index is 0.210. The molecule has 1 aliphatic heterocycles. The average molecular weight is 167 g/mol. The normalized spacial score (nSPS) is 23.8. The van der Waals surface area contributed by atoms with E-state index < -0.39 is 0 Å². The number of carbonyl (C=O) groups is 1. The van der Waals surface area contributed by atoms with Crippen molar-refractivity contribution in [2.75, 3.05) is 6.54 Å². The number of hydrogen-bond acceptors (Lipinski definition) is 1. The molecule has 0 aromatic carbocycles. The molecule has 1 fully saturated rings. The standard InChI is InChI=1S/C10H17NO/c1-3-6-10-7-4-5-8-11(10)9(2)12/h3,10H,1,4-8H2,2H3. The highest BCUT2D eigenvalue weighted by Gasteiger charge is 2.22. The van der Waals surface area contributed by atoms with E-state index in [1.807, 2.05) is 11.0 Å². The van der Waals surface area contributed by atoms with Gasteiger partial charge in [0.15, 0.2) is 0 Å². The highest BCUT2D eigenvalue weighted by atomic mass is 16.2. The molecule has 1 aliphatic rings. The van der Waals surface area contributed by atoms with Gasteiger partial charge < -0.3 is 4.90 Å². The lowest BCUT2D eigenvalue weighted by Crippen LogP contribution is -2.42. The van der Waals surface area contributed by atoms with Gasteiger partial charge in [-0.15, -0.1) is 6.58 Å². The van der Waals surface area contributed by atoms with Gasteiger partial charge in [0.25, 0.3) is 0 Å². The second-order valence-corrected chi connectivity index (χ2v) is 3.39. The number of hydrogen-bond donors (Lipinski definition) is 0. The molecular weight excluding hydrogens is 150 g/mol. The van der Waals surface area contributed by atoms with E-state index >= 15 is 0 Å². The molecule has 12 heavy (non-hydrogen) atoms. The van der Waals surface area contributed by atoms with Crippen molar-refractivity contribution in [3.63, 3.8) is 0 Å². The molecule has 1 amide bonds. The quantitative estimate of drug-likeness (QED) is 0.576. The van der Waals surface area contributed by atoms with Crippen LogP contribution in [0.1, 0.15) is 32.6 Å². The van der Waals surface area contributed by atoms with Crippen LogP contribution in [-0.2, 0) is 4.79 Å². The Morgan fingerprint density at radius 1 is 1.67 bits per heavy atom. The molecule has 0 bridgehead atoms. The van der Waals surface area contributed by atoms with Crippen LogP contribution in [0.2, 0.25) is 0 Å². The van der Waals surface area contributed by atoms with Crippen molar-refractivity contribution in [2.45, 2.75) is 38.6 Å². The first-order valence-corrected chi connectivity index (χ1v) is 4.64. The van der Waals surface area contributed by atoms with E-state index in [0.717, 1.165) is 25.8 Å². The summed E-state index contributed by atoms with van der Waals surface area (Å²) in [5.74, 6) is 0.210. The Morgan fingerprint density at radius 2 is 2.42 bits per heavy atom. The van der Waals surface area contributed by atoms with Crippen molar-refractivity contribution < 1.29 is 4.79 Å². The van der Waals surface area contributed by atoms with Gasteiger partial charge in [-0.3, -0.25) is 4.79 Å². The molecule has 2 heteroatoms. The summed E-state index contributed by atoms with van der Waals surface area (Å²) in [7, 11) is 0. The van der Waals surface area contributed by atoms with E-state index in [0.29, 0.717) is 6.04 Å². The molecule has 68 valence electrons. The fourth-order valence-corrected chi connectivity index (χ4v) is 1.85. The summed E-state index contributed by atoms with van der Waals surface area (Å²) in [6, 6.07) is 0.425. The van der Waals surface area contributed by atoms with Crippen LogP contribution in [0.3, 0.4) is 0 Å². The number of likely N-dealkylation sites (tertiary alicyclic amines) is 1. The molecule has 0 aromatic rings. The van der Waals surface area contributed by atoms with Crippen molar-refractivity contribution in [1.29, 1.82) is 0 Å². The van der Waals surface area contributed by atoms with Gasteiger partial charge in [0.2, 0.25) is 5.91 Å². The zero-order valence-corrected chi connectivity index (χ0v) is 7.75. The Bertz CT molecular complexity index is 177. The third-order valence-corrected chi connectivity index (χ3v) is 2.47. The third-order valence-electron chi connectivity index (χ3n) is 2.47. The minimum Gasteiger partial charge on any atom is -0.340 e. The molecule has 1 atom stereocenters. The first kappa shape index (κ1) is 9.30. The predicted molar refractivity (Wildman–Crippen MR) is 49.8 cm³/mol. The first-order valence-electron chi connectivity index (χ1n) is 4.64. The van der Waals surface area contributed by atoms with Crippen LogP contribution in [0.5, 0.6) is 0 Å². The van der Waals surface area contributed by atoms with Crippen molar-refractivity contribution in [3.8, 4) is 0 Å². The van der Waals surface area contributed by atoms with Crippen LogP contribution in [0.4, 0.5) is 0 Å². The molecule has 1 saturated heterocycles. The van der Waals surface area contributed by atoms with Crippen LogP contribution in [0.15, 0.2) is 12.7 Å². The fourth-order valence-electron chi connectivity index (χ4n) is 1.85. The van der Waals surface area contributed by atoms with Gasteiger partial charge in [-0.25, -0.2) is 0 Å². The van der Waals surface area contributed by atoms with Gasteiger partial charge >= 0.3 is 0 Å². The summed E-state index contributed by atoms with van der Waals surface area (Å²) in [5, 5.41) is 0. The van der Waals surface area contributed by atoms with Crippen LogP contribution in [0.25, 0.3) is 0 Å². The average Bonchev–Trinajstić information content (AvgIpc) is 2.05. The Hall–Kier alpha value is -0.790. The van der Waals surface area contributed by atoms with Crippen molar-refractivity contribution in [3.05, 3.63) is 12.7 Å². The van der Waals surface area contributed by atoms with Gasteiger partial charge in [0.05, 0.1) is 0 Å². The molecule has 0 aliphatic carbocycles. The van der Waals surface area contributed by atoms with E-state index in [9.17, 15) is 4.79 Å². The van der Waals surface area contributed by atoms with Crippen molar-refractivity contribution >= 4 is 5.91 Å². The highest BCUT2D eigenvalue weighted by molar-refractivity contribution is 5.73. The second kappa shape index (κ2) is 4.29. The Labute approximate surface area is 74.2 Å². The number of rotatable bonds is 2. The molecule has 1 rings (SSSR count). The molecule has 0 saturated carbocycles. The maximum absolute atomic E-state index is 11.2. The summed E-state index contributed by atoms with van der Waals surface area (Å²) in [4.78, 5) is 13.2. The molecule has 0 radical (unpaired) electrons. The lowest BCUT2D eigenvalue weighted by atomic mass is 9.99. The molecular formula is C10H17NO. The smallest absolute Gasteiger partial charge is 0.219 e. The van der Waals surface area contributed by atoms with E-state index in [1.54, 1.807) is 6.92 Å². The van der Waals surface area contributed by atoms with Crippen LogP contribution < -0.4 is 0 Å². The SMILES string of the molecule is C=CCC1CCCCN1C(C)=O. The van der Waals surface area contributed by atoms with Crippen molar-refractivity contribution in [1.82, 2.24) is 4.90 Å². The minimum absolute atomic E-state index is 0.210. The van der Waals surface area contributed by atoms with Gasteiger partial charge in [-0.05, 0) is 25.7 Å². The molecule has 2 nitrogen and oxygen atoms in total. The Morgan fingerprint density at radius 3 is 3.00 bits per heavy atom. The van der Waals surface area contributed by atoms with E-state index in [4.69, 9.17) is 0 Å². The summed E-state index contributed by atoms with van der Waals surface area (Å²) < 4.78 is 0. The van der Waals surface area contributed by atoms with E-state index in [-0.39, 0.29) is 5.91 Å². The molecule has 0 N–H and O–H groups in total. The topological polar surface area (TPSA) is 20.3 Å². The zero-order chi connectivity index (χ0) is 8.97. The number of amides is 1. The van der Waals surface area contributed by atoms with Gasteiger partial charge in [0.1, 0.15) is 0 Å². The Kier molecular flexibility index (Phi) is 3.32. The van der Waals surface area contributed by atoms with Crippen LogP contribution >= 0.6 is 0 Å². The lowest BCUT2D eigenvalue weighted by molar-refractivity contribution is -0.132. The Balaban J connectivity index is 2.53. The molecule has 1 heterocycles. The fraction of sp³-hybridized carbons (Fsp3) is 0.700. The first-order chi connectivity index (χ1) is 5.75. The van der Waals surface area contributed by atoms with E-state index in [1.165, 1.54) is 6.42 Å². The van der Waals surface area contributed by atoms with E-state index in [2.05, 4.69) is 6.58 Å². The predicted octanol–water partition coefficient (Wildman–Crippen LogP) is 1.96. The van der Waals surface area contributed by atoms with Gasteiger partial charge in [0, 0.05) is 19.5 Å². The monoisotopic (exact) mass is 167 g/mol. The number of piperidine rings is 1.